The van der Waals surface area contributed by atoms with Crippen molar-refractivity contribution in [2.24, 2.45) is 0 Å². The van der Waals surface area contributed by atoms with Gasteiger partial charge in [0.2, 0.25) is 0 Å². The second-order valence-corrected chi connectivity index (χ2v) is 8.71. The summed E-state index contributed by atoms with van der Waals surface area (Å²) >= 11 is 0. The van der Waals surface area contributed by atoms with Gasteiger partial charge in [-0.25, -0.2) is 13.2 Å². The van der Waals surface area contributed by atoms with Crippen LogP contribution in [0.1, 0.15) is 19.8 Å². The number of unbranched alkanes of at least 4 members (excludes halogenated alkanes) is 1. The molecule has 8 heteroatoms. The minimum absolute atomic E-state index is 0.00349. The predicted molar refractivity (Wildman–Crippen MR) is 116 cm³/mol. The lowest BCUT2D eigenvalue weighted by Crippen LogP contribution is -2.52. The van der Waals surface area contributed by atoms with Crippen LogP contribution in [0.3, 0.4) is 0 Å². The van der Waals surface area contributed by atoms with Crippen molar-refractivity contribution in [2.75, 3.05) is 42.3 Å². The topological polar surface area (TPSA) is 81.8 Å². The fourth-order valence-corrected chi connectivity index (χ4v) is 4.29. The maximum atomic E-state index is 12.4. The van der Waals surface area contributed by atoms with Gasteiger partial charge in [0.1, 0.15) is 0 Å². The number of nitrogens with zero attached hydrogens (tertiary/aromatic N) is 2. The third kappa shape index (κ3) is 5.63. The Kier molecular flexibility index (Phi) is 6.98. The van der Waals surface area contributed by atoms with Gasteiger partial charge < -0.3 is 15.1 Å². The van der Waals surface area contributed by atoms with E-state index < -0.39 is 10.0 Å². The van der Waals surface area contributed by atoms with E-state index in [0.29, 0.717) is 18.8 Å². The molecule has 156 valence electrons. The molecule has 1 aliphatic rings. The zero-order chi connectivity index (χ0) is 20.7. The predicted octanol–water partition coefficient (Wildman–Crippen LogP) is 3.12. The molecular weight excluding hydrogens is 388 g/mol. The highest BCUT2D eigenvalue weighted by molar-refractivity contribution is 7.92. The van der Waals surface area contributed by atoms with Crippen LogP contribution >= 0.6 is 0 Å². The van der Waals surface area contributed by atoms with Gasteiger partial charge in [0.15, 0.2) is 0 Å². The highest BCUT2D eigenvalue weighted by Gasteiger charge is 2.21. The van der Waals surface area contributed by atoms with Crippen LogP contribution in [0, 0.1) is 0 Å². The average molecular weight is 417 g/mol. The second-order valence-electron chi connectivity index (χ2n) is 7.03. The number of anilines is 2. The summed E-state index contributed by atoms with van der Waals surface area (Å²) < 4.78 is 27.4. The molecular formula is C21H28N4O3S. The van der Waals surface area contributed by atoms with Gasteiger partial charge >= 0.3 is 6.03 Å². The first-order chi connectivity index (χ1) is 14.0. The van der Waals surface area contributed by atoms with Crippen LogP contribution in [0.2, 0.25) is 0 Å². The molecule has 3 rings (SSSR count). The molecule has 0 bridgehead atoms. The number of sulfonamides is 1. The molecule has 7 nitrogen and oxygen atoms in total. The largest absolute Gasteiger partial charge is 0.368 e. The number of carbonyl (C=O) groups is 1. The van der Waals surface area contributed by atoms with Crippen molar-refractivity contribution in [3.05, 3.63) is 54.6 Å². The van der Waals surface area contributed by atoms with Gasteiger partial charge in [-0.3, -0.25) is 4.72 Å². The van der Waals surface area contributed by atoms with E-state index in [0.717, 1.165) is 38.2 Å². The van der Waals surface area contributed by atoms with E-state index in [1.165, 1.54) is 0 Å². The smallest absolute Gasteiger partial charge is 0.317 e. The van der Waals surface area contributed by atoms with Crippen molar-refractivity contribution in [3.8, 4) is 0 Å². The monoisotopic (exact) mass is 416 g/mol. The number of piperazine rings is 1. The van der Waals surface area contributed by atoms with Crippen molar-refractivity contribution < 1.29 is 13.2 Å². The number of hydrogen-bond acceptors (Lipinski definition) is 4. The quantitative estimate of drug-likeness (QED) is 0.680. The normalized spacial score (nSPS) is 14.5. The van der Waals surface area contributed by atoms with Crippen molar-refractivity contribution in [1.82, 2.24) is 10.2 Å². The van der Waals surface area contributed by atoms with Crippen LogP contribution in [0.5, 0.6) is 0 Å². The van der Waals surface area contributed by atoms with Crippen molar-refractivity contribution in [2.45, 2.75) is 24.7 Å². The Morgan fingerprint density at radius 1 is 0.966 bits per heavy atom. The molecule has 2 aromatic rings. The maximum absolute atomic E-state index is 12.4. The van der Waals surface area contributed by atoms with Crippen LogP contribution in [-0.2, 0) is 10.0 Å². The SMILES string of the molecule is CCCCNC(=O)N1CCN(c2ccc(NS(=O)(=O)c3ccccc3)cc2)CC1. The average Bonchev–Trinajstić information content (AvgIpc) is 2.75. The third-order valence-electron chi connectivity index (χ3n) is 4.91. The molecule has 0 aromatic heterocycles. The van der Waals surface area contributed by atoms with E-state index >= 15 is 0 Å². The van der Waals surface area contributed by atoms with Crippen molar-refractivity contribution >= 4 is 27.4 Å². The summed E-state index contributed by atoms with van der Waals surface area (Å²) in [6.07, 6.45) is 2.05. The summed E-state index contributed by atoms with van der Waals surface area (Å²) in [7, 11) is -3.59. The summed E-state index contributed by atoms with van der Waals surface area (Å²) in [5.74, 6) is 0. The van der Waals surface area contributed by atoms with Crippen LogP contribution in [0.15, 0.2) is 59.5 Å². The van der Waals surface area contributed by atoms with E-state index in [-0.39, 0.29) is 10.9 Å². The number of carbonyl (C=O) groups excluding carboxylic acids is 1. The minimum atomic E-state index is -3.59. The first-order valence-electron chi connectivity index (χ1n) is 9.95. The molecule has 2 aromatic carbocycles. The molecule has 0 unspecified atom stereocenters. The molecule has 1 saturated heterocycles. The molecule has 1 heterocycles. The molecule has 2 N–H and O–H groups in total. The molecule has 0 aliphatic carbocycles. The third-order valence-corrected chi connectivity index (χ3v) is 6.31. The van der Waals surface area contributed by atoms with Crippen LogP contribution in [0.25, 0.3) is 0 Å². The van der Waals surface area contributed by atoms with E-state index in [2.05, 4.69) is 21.9 Å². The highest BCUT2D eigenvalue weighted by atomic mass is 32.2. The van der Waals surface area contributed by atoms with Gasteiger partial charge in [0.05, 0.1) is 4.90 Å². The zero-order valence-electron chi connectivity index (χ0n) is 16.7. The second kappa shape index (κ2) is 9.65. The van der Waals surface area contributed by atoms with Gasteiger partial charge in [-0.1, -0.05) is 31.5 Å². The summed E-state index contributed by atoms with van der Waals surface area (Å²) in [5.41, 5.74) is 1.53. The standard InChI is InChI=1S/C21H28N4O3S/c1-2-3-13-22-21(26)25-16-14-24(15-17-25)19-11-9-18(10-12-19)23-29(27,28)20-7-5-4-6-8-20/h4-12,23H,2-3,13-17H2,1H3,(H,22,26). The Morgan fingerprint density at radius 2 is 1.62 bits per heavy atom. The Morgan fingerprint density at radius 3 is 2.24 bits per heavy atom. The van der Waals surface area contributed by atoms with E-state index in [1.54, 1.807) is 42.5 Å². The fourth-order valence-electron chi connectivity index (χ4n) is 3.21. The molecule has 0 spiro atoms. The number of amides is 2. The Balaban J connectivity index is 1.54. The molecule has 1 aliphatic heterocycles. The highest BCUT2D eigenvalue weighted by Crippen LogP contribution is 2.21. The van der Waals surface area contributed by atoms with Gasteiger partial charge in [0, 0.05) is 44.1 Å². The van der Waals surface area contributed by atoms with E-state index in [1.807, 2.05) is 17.0 Å². The van der Waals surface area contributed by atoms with Gasteiger partial charge in [0.25, 0.3) is 10.0 Å². The van der Waals surface area contributed by atoms with Crippen molar-refractivity contribution in [1.29, 1.82) is 0 Å². The first-order valence-corrected chi connectivity index (χ1v) is 11.4. The Labute approximate surface area is 172 Å². The molecule has 0 atom stereocenters. The summed E-state index contributed by atoms with van der Waals surface area (Å²) in [4.78, 5) is 16.4. The molecule has 1 fully saturated rings. The van der Waals surface area contributed by atoms with Gasteiger partial charge in [-0.2, -0.15) is 0 Å². The summed E-state index contributed by atoms with van der Waals surface area (Å²) in [5, 5.41) is 2.95. The lowest BCUT2D eigenvalue weighted by Gasteiger charge is -2.36. The first kappa shape index (κ1) is 21.0. The maximum Gasteiger partial charge on any atom is 0.317 e. The molecule has 0 radical (unpaired) electrons. The minimum Gasteiger partial charge on any atom is -0.368 e. The van der Waals surface area contributed by atoms with Crippen LogP contribution < -0.4 is 14.9 Å². The van der Waals surface area contributed by atoms with Crippen LogP contribution in [0.4, 0.5) is 16.2 Å². The number of urea groups is 1. The fraction of sp³-hybridized carbons (Fsp3) is 0.381. The summed E-state index contributed by atoms with van der Waals surface area (Å²) in [6.45, 7) is 5.64. The lowest BCUT2D eigenvalue weighted by atomic mass is 10.2. The zero-order valence-corrected chi connectivity index (χ0v) is 17.5. The van der Waals surface area contributed by atoms with Gasteiger partial charge in [-0.15, -0.1) is 0 Å². The van der Waals surface area contributed by atoms with Crippen molar-refractivity contribution in [3.63, 3.8) is 0 Å². The number of benzene rings is 2. The summed E-state index contributed by atoms with van der Waals surface area (Å²) in [6, 6.07) is 15.6. The van der Waals surface area contributed by atoms with E-state index in [9.17, 15) is 13.2 Å². The lowest BCUT2D eigenvalue weighted by molar-refractivity contribution is 0.194. The Hall–Kier alpha value is -2.74. The number of rotatable bonds is 7. The number of hydrogen-bond donors (Lipinski definition) is 2. The number of nitrogens with one attached hydrogen (secondary N) is 2. The van der Waals surface area contributed by atoms with Gasteiger partial charge in [-0.05, 0) is 42.8 Å². The van der Waals surface area contributed by atoms with E-state index in [4.69, 9.17) is 0 Å². The molecule has 29 heavy (non-hydrogen) atoms. The Bertz CT molecular complexity index is 893. The molecule has 0 saturated carbocycles. The van der Waals surface area contributed by atoms with Crippen LogP contribution in [-0.4, -0.2) is 52.1 Å². The molecule has 2 amide bonds.